The van der Waals surface area contributed by atoms with E-state index in [1.165, 1.54) is 0 Å². The first-order valence-corrected chi connectivity index (χ1v) is 4.96. The van der Waals surface area contributed by atoms with E-state index in [4.69, 9.17) is 0 Å². The molecular formula is C9H17NS. The van der Waals surface area contributed by atoms with Gasteiger partial charge in [0.15, 0.2) is 0 Å². The summed E-state index contributed by atoms with van der Waals surface area (Å²) < 4.78 is 0. The molecule has 1 nitrogen and oxygen atoms in total. The monoisotopic (exact) mass is 171 g/mol. The van der Waals surface area contributed by atoms with Gasteiger partial charge in [-0.15, -0.1) is 11.8 Å². The molecule has 0 unspecified atom stereocenters. The molecule has 0 saturated carbocycles. The molecule has 0 aliphatic carbocycles. The average molecular weight is 171 g/mol. The zero-order valence-corrected chi connectivity index (χ0v) is 8.61. The van der Waals surface area contributed by atoms with Crippen molar-refractivity contribution in [1.29, 1.82) is 0 Å². The molecule has 0 aliphatic rings. The molecule has 0 amide bonds. The molecule has 0 aromatic carbocycles. The van der Waals surface area contributed by atoms with Crippen molar-refractivity contribution in [2.75, 3.05) is 5.75 Å². The number of hydrogen-bond acceptors (Lipinski definition) is 2. The van der Waals surface area contributed by atoms with Crippen LogP contribution in [0.5, 0.6) is 0 Å². The summed E-state index contributed by atoms with van der Waals surface area (Å²) in [4.78, 5) is 4.39. The molecular weight excluding hydrogens is 154 g/mol. The molecule has 11 heavy (non-hydrogen) atoms. The van der Waals surface area contributed by atoms with Gasteiger partial charge in [-0.05, 0) is 26.5 Å². The molecule has 0 saturated heterocycles. The van der Waals surface area contributed by atoms with Crippen molar-refractivity contribution in [3.8, 4) is 0 Å². The minimum absolute atomic E-state index is 0.0308. The predicted molar refractivity (Wildman–Crippen MR) is 55.5 cm³/mol. The van der Waals surface area contributed by atoms with Gasteiger partial charge in [0.05, 0.1) is 11.1 Å². The number of hydrogen-bond donors (Lipinski definition) is 0. The molecule has 0 rings (SSSR count). The summed E-state index contributed by atoms with van der Waals surface area (Å²) in [6, 6.07) is 0. The number of nitrogens with zero attached hydrogens (tertiary/aromatic N) is 1. The van der Waals surface area contributed by atoms with Gasteiger partial charge in [0.25, 0.3) is 0 Å². The third kappa shape index (κ3) is 6.17. The van der Waals surface area contributed by atoms with Crippen molar-refractivity contribution in [1.82, 2.24) is 0 Å². The fourth-order valence-corrected chi connectivity index (χ4v) is 1.19. The summed E-state index contributed by atoms with van der Waals surface area (Å²) in [6.07, 6.45) is 4.13. The lowest BCUT2D eigenvalue weighted by Gasteiger charge is -2.12. The van der Waals surface area contributed by atoms with Crippen molar-refractivity contribution in [3.05, 3.63) is 12.2 Å². The highest BCUT2D eigenvalue weighted by Crippen LogP contribution is 2.11. The molecule has 0 atom stereocenters. The normalized spacial score (nSPS) is 13.5. The highest BCUT2D eigenvalue weighted by Gasteiger charge is 2.08. The highest BCUT2D eigenvalue weighted by molar-refractivity contribution is 8.12. The lowest BCUT2D eigenvalue weighted by molar-refractivity contribution is 0.661. The third-order valence-electron chi connectivity index (χ3n) is 1.20. The third-order valence-corrected chi connectivity index (χ3v) is 1.79. The maximum Gasteiger partial charge on any atom is 0.0737 e. The van der Waals surface area contributed by atoms with Gasteiger partial charge in [-0.25, -0.2) is 0 Å². The zero-order chi connectivity index (χ0) is 8.74. The van der Waals surface area contributed by atoms with E-state index in [0.717, 1.165) is 5.75 Å². The first-order valence-electron chi connectivity index (χ1n) is 3.91. The Morgan fingerprint density at radius 2 is 2.09 bits per heavy atom. The zero-order valence-electron chi connectivity index (χ0n) is 7.79. The van der Waals surface area contributed by atoms with Crippen LogP contribution in [0.1, 0.15) is 27.7 Å². The second kappa shape index (κ2) is 5.42. The van der Waals surface area contributed by atoms with Crippen LogP contribution in [-0.2, 0) is 0 Å². The Balaban J connectivity index is 3.89. The van der Waals surface area contributed by atoms with Crippen LogP contribution < -0.4 is 0 Å². The number of rotatable bonds is 4. The molecule has 0 heterocycles. The maximum absolute atomic E-state index is 4.39. The fourth-order valence-electron chi connectivity index (χ4n) is 0.699. The van der Waals surface area contributed by atoms with E-state index in [-0.39, 0.29) is 5.54 Å². The van der Waals surface area contributed by atoms with E-state index in [0.29, 0.717) is 0 Å². The topological polar surface area (TPSA) is 12.4 Å². The Hall–Kier alpha value is -0.240. The van der Waals surface area contributed by atoms with E-state index in [2.05, 4.69) is 31.8 Å². The van der Waals surface area contributed by atoms with Crippen LogP contribution in [0.25, 0.3) is 0 Å². The van der Waals surface area contributed by atoms with E-state index in [9.17, 15) is 0 Å². The van der Waals surface area contributed by atoms with Gasteiger partial charge in [-0.1, -0.05) is 19.1 Å². The molecule has 0 fully saturated rings. The van der Waals surface area contributed by atoms with Gasteiger partial charge >= 0.3 is 0 Å². The largest absolute Gasteiger partial charge is 0.276 e. The lowest BCUT2D eigenvalue weighted by atomic mass is 10.1. The van der Waals surface area contributed by atoms with Crippen molar-refractivity contribution in [3.63, 3.8) is 0 Å². The number of thioether (sulfide) groups is 1. The van der Waals surface area contributed by atoms with Crippen LogP contribution in [0.2, 0.25) is 0 Å². The smallest absolute Gasteiger partial charge is 0.0737 e. The highest BCUT2D eigenvalue weighted by atomic mass is 32.2. The predicted octanol–water partition coefficient (Wildman–Crippen LogP) is 3.12. The number of allylic oxidation sites excluding steroid dienone is 1. The van der Waals surface area contributed by atoms with Gasteiger partial charge in [-0.3, -0.25) is 4.99 Å². The standard InChI is InChI=1S/C9H17NS/c1-5-7-9(3,4)10-8-11-6-2/h5,7-8H,6H2,1-4H3/b7-5-,10-8-. The average Bonchev–Trinajstić information content (AvgIpc) is 1.87. The van der Waals surface area contributed by atoms with Crippen molar-refractivity contribution < 1.29 is 0 Å². The molecule has 64 valence electrons. The second-order valence-electron chi connectivity index (χ2n) is 2.84. The Bertz CT molecular complexity index is 148. The van der Waals surface area contributed by atoms with Gasteiger partial charge in [0.2, 0.25) is 0 Å². The summed E-state index contributed by atoms with van der Waals surface area (Å²) in [5, 5.41) is 0. The fraction of sp³-hybridized carbons (Fsp3) is 0.667. The Labute approximate surface area is 74.0 Å². The van der Waals surface area contributed by atoms with Gasteiger partial charge in [-0.2, -0.15) is 0 Å². The van der Waals surface area contributed by atoms with E-state index >= 15 is 0 Å². The Morgan fingerprint density at radius 3 is 2.55 bits per heavy atom. The van der Waals surface area contributed by atoms with Crippen LogP contribution in [0.3, 0.4) is 0 Å². The van der Waals surface area contributed by atoms with Crippen molar-refractivity contribution >= 4 is 17.3 Å². The quantitative estimate of drug-likeness (QED) is 0.359. The van der Waals surface area contributed by atoms with E-state index in [1.807, 2.05) is 18.5 Å². The van der Waals surface area contributed by atoms with Crippen LogP contribution in [0.4, 0.5) is 0 Å². The van der Waals surface area contributed by atoms with Crippen molar-refractivity contribution in [2.45, 2.75) is 33.2 Å². The SMILES string of the molecule is C/C=C\C(C)(C)/N=C\SCC. The van der Waals surface area contributed by atoms with E-state index < -0.39 is 0 Å². The minimum Gasteiger partial charge on any atom is -0.276 e. The molecule has 0 radical (unpaired) electrons. The Kier molecular flexibility index (Phi) is 5.30. The van der Waals surface area contributed by atoms with Crippen LogP contribution in [-0.4, -0.2) is 16.8 Å². The summed E-state index contributed by atoms with van der Waals surface area (Å²) >= 11 is 1.74. The first kappa shape index (κ1) is 10.8. The molecule has 0 bridgehead atoms. The summed E-state index contributed by atoms with van der Waals surface area (Å²) in [5.41, 5.74) is 1.90. The molecule has 0 aromatic rings. The molecule has 0 aliphatic heterocycles. The molecule has 0 N–H and O–H groups in total. The lowest BCUT2D eigenvalue weighted by Crippen LogP contribution is -2.11. The molecule has 0 spiro atoms. The van der Waals surface area contributed by atoms with Crippen LogP contribution in [0.15, 0.2) is 17.1 Å². The van der Waals surface area contributed by atoms with Crippen molar-refractivity contribution in [2.24, 2.45) is 4.99 Å². The van der Waals surface area contributed by atoms with Crippen LogP contribution in [0, 0.1) is 0 Å². The van der Waals surface area contributed by atoms with Crippen LogP contribution >= 0.6 is 11.8 Å². The van der Waals surface area contributed by atoms with Gasteiger partial charge < -0.3 is 0 Å². The first-order chi connectivity index (χ1) is 5.12. The minimum atomic E-state index is -0.0308. The Morgan fingerprint density at radius 1 is 1.45 bits per heavy atom. The van der Waals surface area contributed by atoms with Gasteiger partial charge in [0.1, 0.15) is 0 Å². The molecule has 0 aromatic heterocycles. The summed E-state index contributed by atoms with van der Waals surface area (Å²) in [5.74, 6) is 1.09. The van der Waals surface area contributed by atoms with Gasteiger partial charge in [0, 0.05) is 0 Å². The molecule has 2 heteroatoms. The summed E-state index contributed by atoms with van der Waals surface area (Å²) in [6.45, 7) is 8.34. The number of aliphatic imine (C=N–C) groups is 1. The summed E-state index contributed by atoms with van der Waals surface area (Å²) in [7, 11) is 0. The maximum atomic E-state index is 4.39. The second-order valence-corrected chi connectivity index (χ2v) is 3.97. The van der Waals surface area contributed by atoms with E-state index in [1.54, 1.807) is 11.8 Å².